The lowest BCUT2D eigenvalue weighted by Crippen LogP contribution is -2.39. The third kappa shape index (κ3) is 3.03. The topological polar surface area (TPSA) is 47.4 Å². The molecule has 2 heterocycles. The zero-order valence-electron chi connectivity index (χ0n) is 12.1. The maximum Gasteiger partial charge on any atom is 0.310 e. The van der Waals surface area contributed by atoms with Crippen molar-refractivity contribution in [3.63, 3.8) is 0 Å². The van der Waals surface area contributed by atoms with Crippen LogP contribution in [0.1, 0.15) is 44.3 Å². The van der Waals surface area contributed by atoms with E-state index < -0.39 is 0 Å². The summed E-state index contributed by atoms with van der Waals surface area (Å²) in [5, 5.41) is 0. The molecule has 1 saturated carbocycles. The number of aromatic nitrogens is 2. The molecule has 0 radical (unpaired) electrons. The van der Waals surface area contributed by atoms with Crippen LogP contribution in [0.4, 0.5) is 0 Å². The fraction of sp³-hybridized carbons (Fsp3) is 0.733. The molecule has 0 bridgehead atoms. The minimum atomic E-state index is -0.0344. The van der Waals surface area contributed by atoms with Crippen LogP contribution in [0.3, 0.4) is 0 Å². The second-order valence-corrected chi connectivity index (χ2v) is 5.85. The summed E-state index contributed by atoms with van der Waals surface area (Å²) in [6.07, 6.45) is 8.48. The smallest absolute Gasteiger partial charge is 0.310 e. The number of nitrogens with zero attached hydrogens (tertiary/aromatic N) is 3. The summed E-state index contributed by atoms with van der Waals surface area (Å²) in [5.74, 6) is 0.00824. The number of hydrogen-bond acceptors (Lipinski definition) is 4. The predicted molar refractivity (Wildman–Crippen MR) is 75.1 cm³/mol. The van der Waals surface area contributed by atoms with Crippen LogP contribution in [-0.4, -0.2) is 40.1 Å². The van der Waals surface area contributed by atoms with Crippen molar-refractivity contribution in [2.24, 2.45) is 5.92 Å². The third-order valence-corrected chi connectivity index (χ3v) is 4.20. The summed E-state index contributed by atoms with van der Waals surface area (Å²) in [6, 6.07) is 0.665. The second kappa shape index (κ2) is 5.95. The highest BCUT2D eigenvalue weighted by atomic mass is 16.5. The molecule has 0 aromatic carbocycles. The molecule has 0 amide bonds. The number of esters is 1. The zero-order chi connectivity index (χ0) is 13.9. The Balaban J connectivity index is 1.59. The highest BCUT2D eigenvalue weighted by Gasteiger charge is 2.29. The van der Waals surface area contributed by atoms with Crippen LogP contribution in [-0.2, 0) is 16.1 Å². The van der Waals surface area contributed by atoms with Crippen LogP contribution in [0, 0.1) is 5.92 Å². The average Bonchev–Trinajstić information content (AvgIpc) is 3.20. The Morgan fingerprint density at radius 3 is 3.05 bits per heavy atom. The first-order valence-electron chi connectivity index (χ1n) is 7.67. The van der Waals surface area contributed by atoms with Crippen LogP contribution in [0.5, 0.6) is 0 Å². The van der Waals surface area contributed by atoms with Crippen molar-refractivity contribution in [3.05, 3.63) is 18.2 Å². The van der Waals surface area contributed by atoms with Gasteiger partial charge >= 0.3 is 5.97 Å². The zero-order valence-corrected chi connectivity index (χ0v) is 12.1. The monoisotopic (exact) mass is 277 g/mol. The SMILES string of the molecule is CCOC(=O)C1CCCN(Cc2cncn2C2CC2)C1. The lowest BCUT2D eigenvalue weighted by Gasteiger charge is -2.31. The van der Waals surface area contributed by atoms with Crippen LogP contribution >= 0.6 is 0 Å². The Bertz CT molecular complexity index is 467. The number of likely N-dealkylation sites (tertiary alicyclic amines) is 1. The molecule has 5 nitrogen and oxygen atoms in total. The molecule has 0 N–H and O–H groups in total. The molecule has 1 unspecified atom stereocenters. The largest absolute Gasteiger partial charge is 0.466 e. The van der Waals surface area contributed by atoms with Gasteiger partial charge in [0, 0.05) is 25.3 Å². The van der Waals surface area contributed by atoms with Crippen molar-refractivity contribution in [2.75, 3.05) is 19.7 Å². The Hall–Kier alpha value is -1.36. The lowest BCUT2D eigenvalue weighted by molar-refractivity contribution is -0.150. The van der Waals surface area contributed by atoms with Gasteiger partial charge in [-0.3, -0.25) is 9.69 Å². The highest BCUT2D eigenvalue weighted by molar-refractivity contribution is 5.72. The van der Waals surface area contributed by atoms with Gasteiger partial charge in [0.2, 0.25) is 0 Å². The first kappa shape index (κ1) is 13.6. The van der Waals surface area contributed by atoms with Crippen molar-refractivity contribution in [2.45, 2.75) is 45.2 Å². The van der Waals surface area contributed by atoms with E-state index in [9.17, 15) is 4.79 Å². The first-order valence-corrected chi connectivity index (χ1v) is 7.67. The van der Waals surface area contributed by atoms with Gasteiger partial charge in [0.15, 0.2) is 0 Å². The normalized spacial score (nSPS) is 23.8. The molecule has 20 heavy (non-hydrogen) atoms. The van der Waals surface area contributed by atoms with Gasteiger partial charge in [-0.25, -0.2) is 4.98 Å². The van der Waals surface area contributed by atoms with E-state index in [0.29, 0.717) is 12.6 Å². The molecular weight excluding hydrogens is 254 g/mol. The maximum atomic E-state index is 11.9. The standard InChI is InChI=1S/C15H23N3O2/c1-2-20-15(19)12-4-3-7-17(9-12)10-14-8-16-11-18(14)13-5-6-13/h8,11-13H,2-7,9-10H2,1H3. The van der Waals surface area contributed by atoms with Gasteiger partial charge in [-0.1, -0.05) is 0 Å². The van der Waals surface area contributed by atoms with Gasteiger partial charge in [-0.05, 0) is 39.2 Å². The van der Waals surface area contributed by atoms with E-state index in [1.165, 1.54) is 18.5 Å². The van der Waals surface area contributed by atoms with Gasteiger partial charge in [0.05, 0.1) is 24.5 Å². The molecule has 1 aliphatic heterocycles. The van der Waals surface area contributed by atoms with Crippen LogP contribution < -0.4 is 0 Å². The molecule has 1 atom stereocenters. The van der Waals surface area contributed by atoms with E-state index in [1.807, 2.05) is 19.4 Å². The maximum absolute atomic E-state index is 11.9. The second-order valence-electron chi connectivity index (χ2n) is 5.85. The summed E-state index contributed by atoms with van der Waals surface area (Å²) in [4.78, 5) is 18.5. The number of ether oxygens (including phenoxy) is 1. The van der Waals surface area contributed by atoms with Gasteiger partial charge < -0.3 is 9.30 Å². The molecule has 0 spiro atoms. The Kier molecular flexibility index (Phi) is 4.05. The van der Waals surface area contributed by atoms with Crippen LogP contribution in [0.25, 0.3) is 0 Å². The van der Waals surface area contributed by atoms with Crippen molar-refractivity contribution in [3.8, 4) is 0 Å². The fourth-order valence-electron chi connectivity index (χ4n) is 3.02. The molecule has 1 aromatic rings. The van der Waals surface area contributed by atoms with Gasteiger partial charge in [-0.15, -0.1) is 0 Å². The molecule has 110 valence electrons. The molecular formula is C15H23N3O2. The van der Waals surface area contributed by atoms with Crippen molar-refractivity contribution < 1.29 is 9.53 Å². The number of imidazole rings is 1. The number of carbonyl (C=O) groups excluding carboxylic acids is 1. The number of piperidine rings is 1. The van der Waals surface area contributed by atoms with Crippen LogP contribution in [0.15, 0.2) is 12.5 Å². The number of rotatable bonds is 5. The Labute approximate surface area is 119 Å². The van der Waals surface area contributed by atoms with E-state index in [-0.39, 0.29) is 11.9 Å². The summed E-state index contributed by atoms with van der Waals surface area (Å²) < 4.78 is 7.45. The summed E-state index contributed by atoms with van der Waals surface area (Å²) in [5.41, 5.74) is 1.28. The van der Waals surface area contributed by atoms with Gasteiger partial charge in [0.1, 0.15) is 0 Å². The van der Waals surface area contributed by atoms with Gasteiger partial charge in [-0.2, -0.15) is 0 Å². The third-order valence-electron chi connectivity index (χ3n) is 4.20. The van der Waals surface area contributed by atoms with Crippen LogP contribution in [0.2, 0.25) is 0 Å². The molecule has 2 aliphatic rings. The number of carbonyl (C=O) groups is 1. The average molecular weight is 277 g/mol. The van der Waals surface area contributed by atoms with Crippen molar-refractivity contribution >= 4 is 5.97 Å². The quantitative estimate of drug-likeness (QED) is 0.772. The van der Waals surface area contributed by atoms with E-state index in [4.69, 9.17) is 4.74 Å². The first-order chi connectivity index (χ1) is 9.78. The molecule has 1 saturated heterocycles. The minimum Gasteiger partial charge on any atom is -0.466 e. The highest BCUT2D eigenvalue weighted by Crippen LogP contribution is 2.36. The summed E-state index contributed by atoms with van der Waals surface area (Å²) in [6.45, 7) is 5.11. The minimum absolute atomic E-state index is 0.0344. The fourth-order valence-corrected chi connectivity index (χ4v) is 3.02. The predicted octanol–water partition coefficient (Wildman–Crippen LogP) is 1.99. The number of hydrogen-bond donors (Lipinski definition) is 0. The van der Waals surface area contributed by atoms with E-state index in [2.05, 4.69) is 14.5 Å². The van der Waals surface area contributed by atoms with Crippen molar-refractivity contribution in [1.82, 2.24) is 14.5 Å². The molecule has 3 rings (SSSR count). The van der Waals surface area contributed by atoms with Crippen molar-refractivity contribution in [1.29, 1.82) is 0 Å². The summed E-state index contributed by atoms with van der Waals surface area (Å²) in [7, 11) is 0. The summed E-state index contributed by atoms with van der Waals surface area (Å²) >= 11 is 0. The Morgan fingerprint density at radius 1 is 1.45 bits per heavy atom. The van der Waals surface area contributed by atoms with Gasteiger partial charge in [0.25, 0.3) is 0 Å². The molecule has 2 fully saturated rings. The lowest BCUT2D eigenvalue weighted by atomic mass is 9.98. The molecule has 1 aliphatic carbocycles. The van der Waals surface area contributed by atoms with E-state index >= 15 is 0 Å². The Morgan fingerprint density at radius 2 is 2.30 bits per heavy atom. The molecule has 5 heteroatoms. The molecule has 1 aromatic heterocycles. The van der Waals surface area contributed by atoms with E-state index in [1.54, 1.807) is 0 Å². The van der Waals surface area contributed by atoms with E-state index in [0.717, 1.165) is 32.5 Å².